The second kappa shape index (κ2) is 8.45. The number of benzene rings is 1. The molecule has 124 valence electrons. The minimum absolute atomic E-state index is 0.160. The molecule has 0 spiro atoms. The lowest BCUT2D eigenvalue weighted by atomic mass is 10.1. The highest BCUT2D eigenvalue weighted by Crippen LogP contribution is 2.23. The van der Waals surface area contributed by atoms with Crippen LogP contribution in [0.25, 0.3) is 0 Å². The van der Waals surface area contributed by atoms with E-state index in [0.717, 1.165) is 27.7 Å². The zero-order valence-electron chi connectivity index (χ0n) is 14.0. The Labute approximate surface area is 150 Å². The first-order valence-electron chi connectivity index (χ1n) is 7.73. The molecule has 0 radical (unpaired) electrons. The van der Waals surface area contributed by atoms with Crippen molar-refractivity contribution in [1.82, 2.24) is 15.6 Å². The maximum absolute atomic E-state index is 4.70. The van der Waals surface area contributed by atoms with Crippen molar-refractivity contribution < 1.29 is 0 Å². The number of guanidine groups is 1. The van der Waals surface area contributed by atoms with Crippen LogP contribution in [0.4, 0.5) is 0 Å². The van der Waals surface area contributed by atoms with Gasteiger partial charge in [-0.05, 0) is 39.3 Å². The van der Waals surface area contributed by atoms with E-state index in [4.69, 9.17) is 4.99 Å². The van der Waals surface area contributed by atoms with E-state index < -0.39 is 0 Å². The Kier molecular flexibility index (Phi) is 6.59. The molecule has 0 aliphatic heterocycles. The van der Waals surface area contributed by atoms with Crippen molar-refractivity contribution >= 4 is 33.2 Å². The van der Waals surface area contributed by atoms with Gasteiger partial charge < -0.3 is 10.6 Å². The van der Waals surface area contributed by atoms with Gasteiger partial charge in [0.2, 0.25) is 0 Å². The Balaban J connectivity index is 2.10. The lowest BCUT2D eigenvalue weighted by Crippen LogP contribution is -2.38. The summed E-state index contributed by atoms with van der Waals surface area (Å²) in [5.41, 5.74) is 2.29. The first-order valence-corrected chi connectivity index (χ1v) is 9.34. The van der Waals surface area contributed by atoms with E-state index in [-0.39, 0.29) is 6.04 Å². The molecular formula is C17H23BrN4S. The van der Waals surface area contributed by atoms with Crippen molar-refractivity contribution in [3.63, 3.8) is 0 Å². The van der Waals surface area contributed by atoms with E-state index in [2.05, 4.69) is 57.5 Å². The van der Waals surface area contributed by atoms with Gasteiger partial charge >= 0.3 is 0 Å². The van der Waals surface area contributed by atoms with Crippen LogP contribution < -0.4 is 10.6 Å². The third-order valence-corrected chi connectivity index (χ3v) is 5.23. The van der Waals surface area contributed by atoms with Gasteiger partial charge in [0.05, 0.1) is 23.3 Å². The Morgan fingerprint density at radius 1 is 1.35 bits per heavy atom. The molecule has 0 saturated carbocycles. The van der Waals surface area contributed by atoms with Gasteiger partial charge in [-0.2, -0.15) is 0 Å². The summed E-state index contributed by atoms with van der Waals surface area (Å²) in [7, 11) is 0. The van der Waals surface area contributed by atoms with Gasteiger partial charge in [0, 0.05) is 15.9 Å². The van der Waals surface area contributed by atoms with Gasteiger partial charge in [0.25, 0.3) is 0 Å². The highest BCUT2D eigenvalue weighted by atomic mass is 79.9. The minimum Gasteiger partial charge on any atom is -0.357 e. The molecule has 0 aliphatic carbocycles. The highest BCUT2D eigenvalue weighted by molar-refractivity contribution is 9.10. The van der Waals surface area contributed by atoms with Crippen molar-refractivity contribution in [2.24, 2.45) is 4.99 Å². The molecule has 1 unspecified atom stereocenters. The number of aromatic nitrogens is 1. The van der Waals surface area contributed by atoms with Crippen LogP contribution in [-0.2, 0) is 6.54 Å². The second-order valence-electron chi connectivity index (χ2n) is 5.32. The highest BCUT2D eigenvalue weighted by Gasteiger charge is 2.11. The molecule has 1 aromatic carbocycles. The fraction of sp³-hybridized carbons (Fsp3) is 0.412. The molecule has 1 heterocycles. The van der Waals surface area contributed by atoms with Gasteiger partial charge in [-0.1, -0.05) is 34.1 Å². The van der Waals surface area contributed by atoms with Gasteiger partial charge in [0.15, 0.2) is 5.96 Å². The molecule has 0 fully saturated rings. The van der Waals surface area contributed by atoms with Crippen molar-refractivity contribution in [2.75, 3.05) is 6.54 Å². The first-order chi connectivity index (χ1) is 11.0. The molecule has 2 N–H and O–H groups in total. The largest absolute Gasteiger partial charge is 0.357 e. The summed E-state index contributed by atoms with van der Waals surface area (Å²) in [4.78, 5) is 10.4. The van der Waals surface area contributed by atoms with E-state index in [9.17, 15) is 0 Å². The Morgan fingerprint density at radius 2 is 2.09 bits per heavy atom. The average molecular weight is 395 g/mol. The third-order valence-electron chi connectivity index (χ3n) is 3.45. The first kappa shape index (κ1) is 17.9. The number of halogens is 1. The van der Waals surface area contributed by atoms with Crippen LogP contribution in [0.3, 0.4) is 0 Å². The van der Waals surface area contributed by atoms with Crippen molar-refractivity contribution in [3.8, 4) is 0 Å². The monoisotopic (exact) mass is 394 g/mol. The van der Waals surface area contributed by atoms with Crippen LogP contribution in [0.15, 0.2) is 33.7 Å². The average Bonchev–Trinajstić information content (AvgIpc) is 2.83. The summed E-state index contributed by atoms with van der Waals surface area (Å²) in [6.45, 7) is 9.75. The summed E-state index contributed by atoms with van der Waals surface area (Å²) in [5, 5.41) is 7.86. The topological polar surface area (TPSA) is 49.3 Å². The van der Waals surface area contributed by atoms with E-state index in [0.29, 0.717) is 6.54 Å². The van der Waals surface area contributed by atoms with Crippen LogP contribution in [0.1, 0.15) is 41.0 Å². The predicted octanol–water partition coefficient (Wildman–Crippen LogP) is 4.34. The molecule has 6 heteroatoms. The standard InChI is InChI=1S/C17H23BrN4S/c1-5-19-17(20-10-16-12(3)21-13(4)23-16)22-11(2)14-8-6-7-9-15(14)18/h6-9,11H,5,10H2,1-4H3,(H2,19,20,22). The Morgan fingerprint density at radius 3 is 2.70 bits per heavy atom. The van der Waals surface area contributed by atoms with Crippen molar-refractivity contribution in [3.05, 3.63) is 49.9 Å². The van der Waals surface area contributed by atoms with Gasteiger partial charge in [-0.3, -0.25) is 0 Å². The Hall–Kier alpha value is -1.40. The molecule has 4 nitrogen and oxygen atoms in total. The lowest BCUT2D eigenvalue weighted by molar-refractivity contribution is 0.684. The molecule has 1 aromatic heterocycles. The summed E-state index contributed by atoms with van der Waals surface area (Å²) in [5.74, 6) is 0.821. The summed E-state index contributed by atoms with van der Waals surface area (Å²) in [6.07, 6.45) is 0. The third kappa shape index (κ3) is 5.04. The molecule has 0 saturated heterocycles. The van der Waals surface area contributed by atoms with E-state index in [1.54, 1.807) is 11.3 Å². The summed E-state index contributed by atoms with van der Waals surface area (Å²) < 4.78 is 1.10. The predicted molar refractivity (Wildman–Crippen MR) is 102 cm³/mol. The van der Waals surface area contributed by atoms with E-state index in [1.165, 1.54) is 10.4 Å². The molecule has 0 bridgehead atoms. The summed E-state index contributed by atoms with van der Waals surface area (Å²) >= 11 is 5.32. The Bertz CT molecular complexity index is 681. The van der Waals surface area contributed by atoms with E-state index >= 15 is 0 Å². The molecule has 1 atom stereocenters. The zero-order chi connectivity index (χ0) is 16.8. The second-order valence-corrected chi connectivity index (χ2v) is 7.47. The number of hydrogen-bond acceptors (Lipinski definition) is 3. The van der Waals surface area contributed by atoms with E-state index in [1.807, 2.05) is 26.0 Å². The lowest BCUT2D eigenvalue weighted by Gasteiger charge is -2.19. The van der Waals surface area contributed by atoms with Crippen LogP contribution >= 0.6 is 27.3 Å². The molecule has 0 amide bonds. The summed E-state index contributed by atoms with van der Waals surface area (Å²) in [6, 6.07) is 8.40. The molecule has 23 heavy (non-hydrogen) atoms. The SMILES string of the molecule is CCNC(=NCc1sc(C)nc1C)NC(C)c1ccccc1Br. The number of aliphatic imine (C=N–C) groups is 1. The maximum Gasteiger partial charge on any atom is 0.192 e. The van der Waals surface area contributed by atoms with Crippen LogP contribution in [-0.4, -0.2) is 17.5 Å². The van der Waals surface area contributed by atoms with Crippen LogP contribution in [0, 0.1) is 13.8 Å². The van der Waals surface area contributed by atoms with Gasteiger partial charge in [0.1, 0.15) is 0 Å². The fourth-order valence-corrected chi connectivity index (χ4v) is 3.79. The maximum atomic E-state index is 4.70. The van der Waals surface area contributed by atoms with Gasteiger partial charge in [-0.25, -0.2) is 9.98 Å². The van der Waals surface area contributed by atoms with Crippen LogP contribution in [0.2, 0.25) is 0 Å². The van der Waals surface area contributed by atoms with Crippen molar-refractivity contribution in [2.45, 2.75) is 40.3 Å². The number of thiazole rings is 1. The minimum atomic E-state index is 0.160. The normalized spacial score (nSPS) is 13.0. The quantitative estimate of drug-likeness (QED) is 0.585. The molecule has 2 aromatic rings. The molecular weight excluding hydrogens is 372 g/mol. The number of nitrogens with one attached hydrogen (secondary N) is 2. The number of rotatable bonds is 5. The van der Waals surface area contributed by atoms with Gasteiger partial charge in [-0.15, -0.1) is 11.3 Å². The molecule has 2 rings (SSSR count). The fourth-order valence-electron chi connectivity index (χ4n) is 2.30. The van der Waals surface area contributed by atoms with Crippen molar-refractivity contribution in [1.29, 1.82) is 0 Å². The number of aryl methyl sites for hydroxylation is 2. The molecule has 0 aliphatic rings. The smallest absolute Gasteiger partial charge is 0.192 e. The number of hydrogen-bond donors (Lipinski definition) is 2. The zero-order valence-corrected chi connectivity index (χ0v) is 16.4. The number of nitrogens with zero attached hydrogens (tertiary/aromatic N) is 2. The van der Waals surface area contributed by atoms with Crippen LogP contribution in [0.5, 0.6) is 0 Å².